The average molecular weight is 439 g/mol. The SMILES string of the molecule is C.CC.CC.CC.CC(C)c1ccccc1.CCCc1ccccc1.Cc1ccccc1. The summed E-state index contributed by atoms with van der Waals surface area (Å²) in [5.74, 6) is 0.659. The molecule has 0 aliphatic heterocycles. The quantitative estimate of drug-likeness (QED) is 0.381. The lowest BCUT2D eigenvalue weighted by atomic mass is 10.0. The molecule has 3 aromatic rings. The molecule has 0 N–H and O–H groups in total. The number of hydrogen-bond donors (Lipinski definition) is 0. The van der Waals surface area contributed by atoms with Crippen LogP contribution in [0.15, 0.2) is 91.0 Å². The Labute approximate surface area is 203 Å². The zero-order valence-electron chi connectivity index (χ0n) is 22.2. The standard InChI is InChI=1S/2C9H12.C7H8.3C2H6.CH4/c1-8(2)9-6-4-3-5-7-9;1-2-6-9-7-4-3-5-8-9;1-7-5-3-2-4-6-7;3*1-2;/h3-8H,1-2H3;3-5,7-8H,2,6H2,1H3;2-6H,1H3;3*1-2H3;1H4. The Kier molecular flexibility index (Phi) is 35.7. The van der Waals surface area contributed by atoms with E-state index < -0.39 is 0 Å². The van der Waals surface area contributed by atoms with Gasteiger partial charge in [-0.15, -0.1) is 0 Å². The highest BCUT2D eigenvalue weighted by Crippen LogP contribution is 2.11. The van der Waals surface area contributed by atoms with Crippen molar-refractivity contribution >= 4 is 0 Å². The highest BCUT2D eigenvalue weighted by Gasteiger charge is 1.93. The number of rotatable bonds is 3. The second-order valence-corrected chi connectivity index (χ2v) is 6.46. The maximum atomic E-state index is 2.20. The second kappa shape index (κ2) is 30.9. The van der Waals surface area contributed by atoms with Crippen molar-refractivity contribution in [1.29, 1.82) is 0 Å². The van der Waals surface area contributed by atoms with E-state index in [0.29, 0.717) is 5.92 Å². The average Bonchev–Trinajstić information content (AvgIpc) is 2.86. The van der Waals surface area contributed by atoms with Crippen LogP contribution in [0.3, 0.4) is 0 Å². The van der Waals surface area contributed by atoms with Crippen molar-refractivity contribution in [2.45, 2.75) is 95.4 Å². The summed E-state index contributed by atoms with van der Waals surface area (Å²) in [5, 5.41) is 0. The maximum Gasteiger partial charge on any atom is -0.0219 e. The van der Waals surface area contributed by atoms with E-state index in [-0.39, 0.29) is 7.43 Å². The first-order valence-electron chi connectivity index (χ1n) is 12.2. The summed E-state index contributed by atoms with van der Waals surface area (Å²) in [6, 6.07) is 31.4. The summed E-state index contributed by atoms with van der Waals surface area (Å²) >= 11 is 0. The summed E-state index contributed by atoms with van der Waals surface area (Å²) in [5.41, 5.74) is 4.18. The van der Waals surface area contributed by atoms with E-state index in [1.165, 1.54) is 29.5 Å². The molecule has 0 aromatic heterocycles. The van der Waals surface area contributed by atoms with Gasteiger partial charge in [-0.3, -0.25) is 0 Å². The molecule has 0 nitrogen and oxygen atoms in total. The predicted octanol–water partition coefficient (Wildman–Crippen LogP) is 11.2. The Hall–Kier alpha value is -2.34. The minimum absolute atomic E-state index is 0. The van der Waals surface area contributed by atoms with Crippen molar-refractivity contribution in [3.8, 4) is 0 Å². The van der Waals surface area contributed by atoms with Gasteiger partial charge in [0.1, 0.15) is 0 Å². The smallest absolute Gasteiger partial charge is 0.0219 e. The van der Waals surface area contributed by atoms with Gasteiger partial charge in [0.05, 0.1) is 0 Å². The molecule has 3 rings (SSSR count). The molecule has 182 valence electrons. The third kappa shape index (κ3) is 23.9. The molecule has 0 aliphatic rings. The fourth-order valence-corrected chi connectivity index (χ4v) is 2.31. The van der Waals surface area contributed by atoms with E-state index in [4.69, 9.17) is 0 Å². The highest BCUT2D eigenvalue weighted by atomic mass is 14.0. The molecule has 0 spiro atoms. The first-order valence-corrected chi connectivity index (χ1v) is 12.2. The van der Waals surface area contributed by atoms with Crippen LogP contribution in [0.2, 0.25) is 0 Å². The van der Waals surface area contributed by atoms with E-state index in [9.17, 15) is 0 Å². The minimum atomic E-state index is 0. The Morgan fingerprint density at radius 2 is 0.906 bits per heavy atom. The minimum Gasteiger partial charge on any atom is -0.0776 e. The van der Waals surface area contributed by atoms with Gasteiger partial charge in [0, 0.05) is 0 Å². The summed E-state index contributed by atoms with van der Waals surface area (Å²) in [6.45, 7) is 20.7. The first-order chi connectivity index (χ1) is 15.1. The normalized spacial score (nSPS) is 7.97. The number of aryl methyl sites for hydroxylation is 2. The van der Waals surface area contributed by atoms with Gasteiger partial charge in [-0.05, 0) is 30.4 Å². The molecule has 0 amide bonds. The number of hydrogen-bond acceptors (Lipinski definition) is 0. The van der Waals surface area contributed by atoms with Gasteiger partial charge in [-0.2, -0.15) is 0 Å². The van der Waals surface area contributed by atoms with E-state index in [1.54, 1.807) is 0 Å². The molecule has 0 saturated heterocycles. The van der Waals surface area contributed by atoms with Crippen LogP contribution >= 0.6 is 0 Å². The van der Waals surface area contributed by atoms with E-state index in [2.05, 4.69) is 94.4 Å². The van der Waals surface area contributed by atoms with Gasteiger partial charge >= 0.3 is 0 Å². The van der Waals surface area contributed by atoms with Crippen LogP contribution in [0.4, 0.5) is 0 Å². The van der Waals surface area contributed by atoms with Gasteiger partial charge in [-0.1, -0.05) is 173 Å². The zero-order valence-corrected chi connectivity index (χ0v) is 22.2. The van der Waals surface area contributed by atoms with E-state index in [1.807, 2.05) is 65.8 Å². The van der Waals surface area contributed by atoms with Gasteiger partial charge in [-0.25, -0.2) is 0 Å². The van der Waals surface area contributed by atoms with Crippen LogP contribution in [0.1, 0.15) is 98.8 Å². The van der Waals surface area contributed by atoms with Gasteiger partial charge in [0.15, 0.2) is 0 Å². The molecule has 3 aromatic carbocycles. The fraction of sp³-hybridized carbons (Fsp3) is 0.438. The summed E-state index contributed by atoms with van der Waals surface area (Å²) < 4.78 is 0. The summed E-state index contributed by atoms with van der Waals surface area (Å²) in [4.78, 5) is 0. The molecule has 0 radical (unpaired) electrons. The lowest BCUT2D eigenvalue weighted by Gasteiger charge is -2.01. The summed E-state index contributed by atoms with van der Waals surface area (Å²) in [6.07, 6.45) is 2.45. The van der Waals surface area contributed by atoms with Crippen LogP contribution in [0.25, 0.3) is 0 Å². The van der Waals surface area contributed by atoms with Crippen LogP contribution in [0.5, 0.6) is 0 Å². The molecule has 0 bridgehead atoms. The van der Waals surface area contributed by atoms with Crippen molar-refractivity contribution in [1.82, 2.24) is 0 Å². The molecule has 0 atom stereocenters. The lowest BCUT2D eigenvalue weighted by molar-refractivity contribution is 0.867. The van der Waals surface area contributed by atoms with Gasteiger partial charge in [0.2, 0.25) is 0 Å². The lowest BCUT2D eigenvalue weighted by Crippen LogP contribution is -1.83. The van der Waals surface area contributed by atoms with Crippen molar-refractivity contribution in [2.75, 3.05) is 0 Å². The molecular weight excluding hydrogens is 384 g/mol. The molecule has 0 fully saturated rings. The fourth-order valence-electron chi connectivity index (χ4n) is 2.31. The second-order valence-electron chi connectivity index (χ2n) is 6.46. The topological polar surface area (TPSA) is 0 Å². The molecule has 0 heterocycles. The molecular formula is C32H54. The van der Waals surface area contributed by atoms with E-state index >= 15 is 0 Å². The Bertz CT molecular complexity index is 639. The Balaban J connectivity index is -0.000000163. The zero-order chi connectivity index (χ0) is 24.3. The first kappa shape index (κ1) is 37.0. The van der Waals surface area contributed by atoms with Crippen LogP contribution in [-0.4, -0.2) is 0 Å². The van der Waals surface area contributed by atoms with Crippen molar-refractivity contribution in [2.24, 2.45) is 0 Å². The summed E-state index contributed by atoms with van der Waals surface area (Å²) in [7, 11) is 0. The van der Waals surface area contributed by atoms with Crippen LogP contribution < -0.4 is 0 Å². The third-order valence-corrected chi connectivity index (χ3v) is 3.79. The molecule has 0 saturated carbocycles. The molecule has 32 heavy (non-hydrogen) atoms. The van der Waals surface area contributed by atoms with E-state index in [0.717, 1.165) is 0 Å². The highest BCUT2D eigenvalue weighted by molar-refractivity contribution is 5.17. The Morgan fingerprint density at radius 1 is 0.562 bits per heavy atom. The Morgan fingerprint density at radius 3 is 1.16 bits per heavy atom. The monoisotopic (exact) mass is 438 g/mol. The molecule has 0 aliphatic carbocycles. The third-order valence-electron chi connectivity index (χ3n) is 3.79. The largest absolute Gasteiger partial charge is 0.0776 e. The van der Waals surface area contributed by atoms with Crippen molar-refractivity contribution in [3.05, 3.63) is 108 Å². The van der Waals surface area contributed by atoms with Crippen LogP contribution in [0, 0.1) is 6.92 Å². The number of benzene rings is 3. The predicted molar refractivity (Wildman–Crippen MR) is 153 cm³/mol. The van der Waals surface area contributed by atoms with Gasteiger partial charge in [0.25, 0.3) is 0 Å². The molecule has 0 unspecified atom stereocenters. The van der Waals surface area contributed by atoms with Crippen molar-refractivity contribution in [3.63, 3.8) is 0 Å². The van der Waals surface area contributed by atoms with Crippen molar-refractivity contribution < 1.29 is 0 Å². The van der Waals surface area contributed by atoms with Gasteiger partial charge < -0.3 is 0 Å². The maximum absolute atomic E-state index is 2.20. The molecule has 0 heteroatoms. The van der Waals surface area contributed by atoms with Crippen LogP contribution in [-0.2, 0) is 6.42 Å².